The van der Waals surface area contributed by atoms with Gasteiger partial charge in [0.15, 0.2) is 11.5 Å². The Hall–Kier alpha value is -1.75. The van der Waals surface area contributed by atoms with Gasteiger partial charge in [0.25, 0.3) is 0 Å². The fourth-order valence-electron chi connectivity index (χ4n) is 1.63. The SMILES string of the molecule is COc1cc(C)c(CCOCC(=O)O)cc1OC. The average molecular weight is 254 g/mol. The van der Waals surface area contributed by atoms with Crippen molar-refractivity contribution in [1.29, 1.82) is 0 Å². The second-order valence-electron chi connectivity index (χ2n) is 3.83. The summed E-state index contributed by atoms with van der Waals surface area (Å²) < 4.78 is 15.4. The molecule has 0 heterocycles. The second-order valence-corrected chi connectivity index (χ2v) is 3.83. The Bertz CT molecular complexity index is 414. The number of hydrogen-bond donors (Lipinski definition) is 1. The van der Waals surface area contributed by atoms with Gasteiger partial charge in [0.2, 0.25) is 0 Å². The van der Waals surface area contributed by atoms with Crippen molar-refractivity contribution in [2.75, 3.05) is 27.4 Å². The Balaban J connectivity index is 2.68. The van der Waals surface area contributed by atoms with Crippen LogP contribution in [0.2, 0.25) is 0 Å². The number of carbonyl (C=O) groups is 1. The topological polar surface area (TPSA) is 65.0 Å². The van der Waals surface area contributed by atoms with Crippen LogP contribution in [-0.4, -0.2) is 38.5 Å². The van der Waals surface area contributed by atoms with Gasteiger partial charge in [-0.25, -0.2) is 4.79 Å². The van der Waals surface area contributed by atoms with Crippen LogP contribution in [0.1, 0.15) is 11.1 Å². The maximum absolute atomic E-state index is 10.3. The molecule has 1 rings (SSSR count). The molecule has 0 aromatic heterocycles. The third-order valence-electron chi connectivity index (χ3n) is 2.58. The lowest BCUT2D eigenvalue weighted by Crippen LogP contribution is -2.09. The first-order valence-electron chi connectivity index (χ1n) is 5.59. The molecule has 0 aliphatic carbocycles. The van der Waals surface area contributed by atoms with Crippen LogP contribution in [0, 0.1) is 6.92 Å². The molecule has 0 spiro atoms. The Morgan fingerprint density at radius 1 is 1.22 bits per heavy atom. The highest BCUT2D eigenvalue weighted by Crippen LogP contribution is 2.30. The molecule has 5 nitrogen and oxygen atoms in total. The van der Waals surface area contributed by atoms with Crippen LogP contribution in [0.5, 0.6) is 11.5 Å². The molecule has 0 bridgehead atoms. The molecule has 0 amide bonds. The van der Waals surface area contributed by atoms with Crippen LogP contribution in [0.4, 0.5) is 0 Å². The highest BCUT2D eigenvalue weighted by Gasteiger charge is 2.08. The van der Waals surface area contributed by atoms with E-state index >= 15 is 0 Å². The van der Waals surface area contributed by atoms with Gasteiger partial charge >= 0.3 is 5.97 Å². The van der Waals surface area contributed by atoms with Gasteiger partial charge in [0.05, 0.1) is 20.8 Å². The molecule has 0 atom stereocenters. The first-order chi connectivity index (χ1) is 8.58. The first-order valence-corrected chi connectivity index (χ1v) is 5.59. The molecular weight excluding hydrogens is 236 g/mol. The summed E-state index contributed by atoms with van der Waals surface area (Å²) in [6.45, 7) is 2.06. The van der Waals surface area contributed by atoms with E-state index in [9.17, 15) is 4.79 Å². The number of methoxy groups -OCH3 is 2. The molecule has 0 radical (unpaired) electrons. The minimum Gasteiger partial charge on any atom is -0.493 e. The van der Waals surface area contributed by atoms with Gasteiger partial charge in [0.1, 0.15) is 6.61 Å². The van der Waals surface area contributed by atoms with Crippen molar-refractivity contribution in [2.45, 2.75) is 13.3 Å². The van der Waals surface area contributed by atoms with Crippen LogP contribution < -0.4 is 9.47 Å². The zero-order valence-corrected chi connectivity index (χ0v) is 10.9. The summed E-state index contributed by atoms with van der Waals surface area (Å²) >= 11 is 0. The van der Waals surface area contributed by atoms with E-state index in [-0.39, 0.29) is 6.61 Å². The molecule has 0 aliphatic rings. The monoisotopic (exact) mass is 254 g/mol. The van der Waals surface area contributed by atoms with Crippen LogP contribution >= 0.6 is 0 Å². The third-order valence-corrected chi connectivity index (χ3v) is 2.58. The fourth-order valence-corrected chi connectivity index (χ4v) is 1.63. The normalized spacial score (nSPS) is 10.2. The van der Waals surface area contributed by atoms with Crippen molar-refractivity contribution >= 4 is 5.97 Å². The minimum atomic E-state index is -0.959. The van der Waals surface area contributed by atoms with E-state index in [2.05, 4.69) is 0 Å². The van der Waals surface area contributed by atoms with E-state index in [1.807, 2.05) is 19.1 Å². The predicted octanol–water partition coefficient (Wildman–Crippen LogP) is 1.66. The summed E-state index contributed by atoms with van der Waals surface area (Å²) in [5, 5.41) is 8.45. The number of aliphatic carboxylic acids is 1. The highest BCUT2D eigenvalue weighted by atomic mass is 16.5. The summed E-state index contributed by atoms with van der Waals surface area (Å²) in [7, 11) is 3.17. The van der Waals surface area contributed by atoms with Crippen molar-refractivity contribution in [2.24, 2.45) is 0 Å². The van der Waals surface area contributed by atoms with Crippen LogP contribution in [0.3, 0.4) is 0 Å². The van der Waals surface area contributed by atoms with Crippen LogP contribution in [0.15, 0.2) is 12.1 Å². The zero-order chi connectivity index (χ0) is 13.5. The van der Waals surface area contributed by atoms with Crippen molar-refractivity contribution in [3.63, 3.8) is 0 Å². The number of benzene rings is 1. The second kappa shape index (κ2) is 6.86. The lowest BCUT2D eigenvalue weighted by atomic mass is 10.1. The van der Waals surface area contributed by atoms with E-state index < -0.39 is 5.97 Å². The van der Waals surface area contributed by atoms with Gasteiger partial charge in [-0.1, -0.05) is 0 Å². The molecule has 0 unspecified atom stereocenters. The molecule has 5 heteroatoms. The van der Waals surface area contributed by atoms with E-state index in [1.165, 1.54) is 0 Å². The molecule has 100 valence electrons. The number of aryl methyl sites for hydroxylation is 1. The largest absolute Gasteiger partial charge is 0.493 e. The molecule has 0 saturated heterocycles. The lowest BCUT2D eigenvalue weighted by Gasteiger charge is -2.12. The molecule has 1 aromatic rings. The first kappa shape index (κ1) is 14.3. The lowest BCUT2D eigenvalue weighted by molar-refractivity contribution is -0.142. The third kappa shape index (κ3) is 3.92. The maximum atomic E-state index is 10.3. The molecule has 0 saturated carbocycles. The van der Waals surface area contributed by atoms with Gasteiger partial charge < -0.3 is 19.3 Å². The van der Waals surface area contributed by atoms with Crippen molar-refractivity contribution < 1.29 is 24.1 Å². The Morgan fingerprint density at radius 2 is 1.83 bits per heavy atom. The molecule has 0 fully saturated rings. The quantitative estimate of drug-likeness (QED) is 0.749. The minimum absolute atomic E-state index is 0.271. The number of carboxylic acid groups (broad SMARTS) is 1. The Labute approximate surface area is 106 Å². The van der Waals surface area contributed by atoms with E-state index in [0.29, 0.717) is 24.5 Å². The number of carboxylic acids is 1. The smallest absolute Gasteiger partial charge is 0.329 e. The Kier molecular flexibility index (Phi) is 5.45. The van der Waals surface area contributed by atoms with E-state index in [4.69, 9.17) is 19.3 Å². The summed E-state index contributed by atoms with van der Waals surface area (Å²) in [5.41, 5.74) is 2.12. The summed E-state index contributed by atoms with van der Waals surface area (Å²) in [5.74, 6) is 0.389. The van der Waals surface area contributed by atoms with Gasteiger partial charge in [-0.05, 0) is 36.6 Å². The average Bonchev–Trinajstić information content (AvgIpc) is 2.35. The van der Waals surface area contributed by atoms with Gasteiger partial charge in [-0.2, -0.15) is 0 Å². The van der Waals surface area contributed by atoms with Crippen LogP contribution in [0.25, 0.3) is 0 Å². The fraction of sp³-hybridized carbons (Fsp3) is 0.462. The van der Waals surface area contributed by atoms with Gasteiger partial charge in [0, 0.05) is 0 Å². The number of hydrogen-bond acceptors (Lipinski definition) is 4. The highest BCUT2D eigenvalue weighted by molar-refractivity contribution is 5.67. The number of ether oxygens (including phenoxy) is 3. The zero-order valence-electron chi connectivity index (χ0n) is 10.9. The van der Waals surface area contributed by atoms with Crippen molar-refractivity contribution in [3.8, 4) is 11.5 Å². The van der Waals surface area contributed by atoms with E-state index in [1.54, 1.807) is 14.2 Å². The van der Waals surface area contributed by atoms with Crippen molar-refractivity contribution in [1.82, 2.24) is 0 Å². The van der Waals surface area contributed by atoms with Gasteiger partial charge in [-0.3, -0.25) is 0 Å². The predicted molar refractivity (Wildman–Crippen MR) is 66.4 cm³/mol. The summed E-state index contributed by atoms with van der Waals surface area (Å²) in [6, 6.07) is 3.78. The number of rotatable bonds is 7. The maximum Gasteiger partial charge on any atom is 0.329 e. The van der Waals surface area contributed by atoms with Crippen LogP contribution in [-0.2, 0) is 16.0 Å². The molecule has 1 N–H and O–H groups in total. The summed E-state index contributed by atoms with van der Waals surface area (Å²) in [6.07, 6.45) is 0.638. The molecule has 0 aliphatic heterocycles. The Morgan fingerprint density at radius 3 is 2.39 bits per heavy atom. The summed E-state index contributed by atoms with van der Waals surface area (Å²) in [4.78, 5) is 10.3. The molecule has 1 aromatic carbocycles. The van der Waals surface area contributed by atoms with E-state index in [0.717, 1.165) is 11.1 Å². The molecule has 18 heavy (non-hydrogen) atoms. The molecular formula is C13H18O5. The van der Waals surface area contributed by atoms with Gasteiger partial charge in [-0.15, -0.1) is 0 Å². The standard InChI is InChI=1S/C13H18O5/c1-9-6-11(16-2)12(17-3)7-10(9)4-5-18-8-13(14)15/h6-7H,4-5,8H2,1-3H3,(H,14,15). The van der Waals surface area contributed by atoms with Crippen molar-refractivity contribution in [3.05, 3.63) is 23.3 Å².